The fourth-order valence-corrected chi connectivity index (χ4v) is 3.54. The summed E-state index contributed by atoms with van der Waals surface area (Å²) >= 11 is 26.6. The molecule has 152 valence electrons. The summed E-state index contributed by atoms with van der Waals surface area (Å²) in [7, 11) is 0. The first-order valence-corrected chi connectivity index (χ1v) is 14.1. The van der Waals surface area contributed by atoms with Gasteiger partial charge in [-0.25, -0.2) is 4.98 Å². The molecule has 0 saturated heterocycles. The second kappa shape index (κ2) is 11.1. The van der Waals surface area contributed by atoms with Crippen LogP contribution >= 0.6 is 82.4 Å². The summed E-state index contributed by atoms with van der Waals surface area (Å²) in [5.74, 6) is 0. The van der Waals surface area contributed by atoms with Crippen molar-refractivity contribution in [1.82, 2.24) is 4.98 Å². The quantitative estimate of drug-likeness (QED) is 0.0856. The average Bonchev–Trinajstić information content (AvgIpc) is 2.62. The molecule has 4 nitrogen and oxygen atoms in total. The Kier molecular flexibility index (Phi) is 9.49. The predicted molar refractivity (Wildman–Crippen MR) is 130 cm³/mol. The van der Waals surface area contributed by atoms with Crippen LogP contribution in [0.4, 0.5) is 0 Å². The van der Waals surface area contributed by atoms with Gasteiger partial charge in [0.05, 0.1) is 0 Å². The van der Waals surface area contributed by atoms with Crippen molar-refractivity contribution < 1.29 is 9.30 Å². The van der Waals surface area contributed by atoms with Crippen LogP contribution in [0.5, 0.6) is 0 Å². The molecule has 0 aliphatic carbocycles. The lowest BCUT2D eigenvalue weighted by Crippen LogP contribution is -2.23. The molecule has 0 aliphatic rings. The molecule has 2 aromatic heterocycles. The second-order valence-corrected chi connectivity index (χ2v) is 14.1. The van der Waals surface area contributed by atoms with E-state index in [9.17, 15) is 9.77 Å². The fourth-order valence-electron chi connectivity index (χ4n) is 2.30. The molecule has 0 saturated carbocycles. The molecular formula is C18H11Br2Cl4N2O2P. The minimum absolute atomic E-state index is 0.550. The van der Waals surface area contributed by atoms with Gasteiger partial charge in [-0.1, -0.05) is 61.7 Å². The highest BCUT2D eigenvalue weighted by Gasteiger charge is 2.03. The van der Waals surface area contributed by atoms with Gasteiger partial charge in [0.1, 0.15) is 5.15 Å². The Morgan fingerprint density at radius 3 is 2.10 bits per heavy atom. The van der Waals surface area contributed by atoms with Crippen molar-refractivity contribution in [3.63, 3.8) is 0 Å². The Labute approximate surface area is 203 Å². The van der Waals surface area contributed by atoms with E-state index in [1.807, 2.05) is 42.5 Å². The summed E-state index contributed by atoms with van der Waals surface area (Å²) in [6, 6.07) is 15.4. The monoisotopic (exact) mass is 616 g/mol. The van der Waals surface area contributed by atoms with Crippen molar-refractivity contribution in [1.29, 1.82) is 0 Å². The molecule has 0 N–H and O–H groups in total. The normalized spacial score (nSPS) is 10.7. The summed E-state index contributed by atoms with van der Waals surface area (Å²) in [6.07, 6.45) is 4.75. The lowest BCUT2D eigenvalue weighted by atomic mass is 10.2. The summed E-state index contributed by atoms with van der Waals surface area (Å²) in [6.45, 7) is 0. The zero-order valence-electron chi connectivity index (χ0n) is 14.3. The summed E-state index contributed by atoms with van der Waals surface area (Å²) in [4.78, 5) is 3.99. The lowest BCUT2D eigenvalue weighted by Gasteiger charge is -2.00. The van der Waals surface area contributed by atoms with Crippen LogP contribution in [0.2, 0.25) is 5.15 Å². The molecule has 0 radical (unpaired) electrons. The zero-order valence-corrected chi connectivity index (χ0v) is 21.4. The van der Waals surface area contributed by atoms with Gasteiger partial charge in [-0.3, -0.25) is 4.57 Å². The summed E-state index contributed by atoms with van der Waals surface area (Å²) in [5.41, 5.74) is 0. The van der Waals surface area contributed by atoms with Crippen LogP contribution in [0.3, 0.4) is 0 Å². The maximum absolute atomic E-state index is 10.9. The average molecular weight is 620 g/mol. The number of hydrogen-bond donors (Lipinski definition) is 0. The highest BCUT2D eigenvalue weighted by Crippen LogP contribution is 2.61. The highest BCUT2D eigenvalue weighted by atomic mass is 79.9. The maximum Gasteiger partial charge on any atom is 0.339 e. The minimum Gasteiger partial charge on any atom is -0.619 e. The number of nitrogens with zero attached hydrogens (tertiary/aromatic N) is 2. The van der Waals surface area contributed by atoms with E-state index in [1.165, 1.54) is 6.20 Å². The summed E-state index contributed by atoms with van der Waals surface area (Å²) < 4.78 is 12.4. The third-order valence-electron chi connectivity index (χ3n) is 3.45. The van der Waals surface area contributed by atoms with Gasteiger partial charge in [-0.15, -0.1) is 0 Å². The first-order valence-electron chi connectivity index (χ1n) is 7.71. The van der Waals surface area contributed by atoms with Crippen LogP contribution in [0, 0.1) is 5.21 Å². The minimum atomic E-state index is -3.22. The number of halogens is 6. The highest BCUT2D eigenvalue weighted by molar-refractivity contribution is 9.11. The van der Waals surface area contributed by atoms with Gasteiger partial charge >= 0.3 is 5.20 Å². The van der Waals surface area contributed by atoms with Gasteiger partial charge in [0.2, 0.25) is 0 Å². The Balaban J connectivity index is 0.000000170. The topological polar surface area (TPSA) is 56.9 Å². The number of hydrogen-bond acceptors (Lipinski definition) is 3. The van der Waals surface area contributed by atoms with Crippen LogP contribution in [-0.4, -0.2) is 4.98 Å². The molecule has 11 heteroatoms. The Morgan fingerprint density at radius 1 is 0.897 bits per heavy atom. The molecule has 0 amide bonds. The molecule has 2 aromatic carbocycles. The maximum atomic E-state index is 10.9. The van der Waals surface area contributed by atoms with Crippen LogP contribution < -0.4 is 4.73 Å². The standard InChI is InChI=1S/C9H5BrClN.C9H6BrNO.Cl3OP/c10-8-3-1-2-7-6(8)4-5-12-9(7)11;10-9-3-1-2-7-6-11(12)5-4-8(7)9;1-5(2,3)4/h1-5H;1-6H;. The number of rotatable bonds is 0. The predicted octanol–water partition coefficient (Wildman–Crippen LogP) is 8.70. The molecule has 0 aliphatic heterocycles. The lowest BCUT2D eigenvalue weighted by molar-refractivity contribution is -0.603. The van der Waals surface area contributed by atoms with Crippen LogP contribution in [-0.2, 0) is 4.57 Å². The number of benzene rings is 2. The first kappa shape index (κ1) is 24.7. The van der Waals surface area contributed by atoms with E-state index in [2.05, 4.69) is 70.6 Å². The molecule has 0 bridgehead atoms. The molecular weight excluding hydrogens is 609 g/mol. The molecule has 0 fully saturated rings. The van der Waals surface area contributed by atoms with Crippen molar-refractivity contribution in [3.05, 3.63) is 86.4 Å². The van der Waals surface area contributed by atoms with E-state index >= 15 is 0 Å². The van der Waals surface area contributed by atoms with Gasteiger partial charge in [0, 0.05) is 42.8 Å². The van der Waals surface area contributed by atoms with Gasteiger partial charge < -0.3 is 5.21 Å². The van der Waals surface area contributed by atoms with Gasteiger partial charge in [0.25, 0.3) is 0 Å². The van der Waals surface area contributed by atoms with Gasteiger partial charge in [-0.2, -0.15) is 4.73 Å². The van der Waals surface area contributed by atoms with Crippen LogP contribution in [0.1, 0.15) is 0 Å². The van der Waals surface area contributed by atoms with E-state index < -0.39 is 5.20 Å². The van der Waals surface area contributed by atoms with Crippen LogP contribution in [0.25, 0.3) is 21.5 Å². The van der Waals surface area contributed by atoms with Crippen molar-refractivity contribution in [2.45, 2.75) is 0 Å². The smallest absolute Gasteiger partial charge is 0.339 e. The SMILES string of the molecule is Clc1nccc2c(Br)cccc12.O=P(Cl)(Cl)Cl.[O-][n+]1ccc2c(Br)cccc2c1. The molecule has 2 heterocycles. The zero-order chi connectivity index (χ0) is 21.6. The Morgan fingerprint density at radius 2 is 1.48 bits per heavy atom. The van der Waals surface area contributed by atoms with E-state index in [4.69, 9.17) is 11.6 Å². The summed E-state index contributed by atoms with van der Waals surface area (Å²) in [5, 5.41) is 12.3. The molecule has 4 rings (SSSR count). The number of fused-ring (bicyclic) bond motifs is 2. The Bertz CT molecular complexity index is 1140. The van der Waals surface area contributed by atoms with E-state index in [1.54, 1.807) is 18.5 Å². The molecule has 0 unspecified atom stereocenters. The van der Waals surface area contributed by atoms with E-state index in [-0.39, 0.29) is 0 Å². The number of aromatic nitrogens is 2. The van der Waals surface area contributed by atoms with Crippen molar-refractivity contribution >= 4 is 104 Å². The first-order chi connectivity index (χ1) is 13.6. The van der Waals surface area contributed by atoms with Gasteiger partial charge in [-0.05, 0) is 58.0 Å². The molecule has 0 atom stereocenters. The third-order valence-corrected chi connectivity index (χ3v) is 5.13. The molecule has 4 aromatic rings. The largest absolute Gasteiger partial charge is 0.619 e. The van der Waals surface area contributed by atoms with E-state index in [0.29, 0.717) is 5.15 Å². The van der Waals surface area contributed by atoms with Gasteiger partial charge in [0.15, 0.2) is 12.4 Å². The van der Waals surface area contributed by atoms with E-state index in [0.717, 1.165) is 35.2 Å². The fraction of sp³-hybridized carbons (Fsp3) is 0. The Hall–Kier alpha value is -0.590. The second-order valence-electron chi connectivity index (χ2n) is 5.38. The van der Waals surface area contributed by atoms with Crippen molar-refractivity contribution in [3.8, 4) is 0 Å². The number of pyridine rings is 2. The van der Waals surface area contributed by atoms with Crippen molar-refractivity contribution in [2.24, 2.45) is 0 Å². The third kappa shape index (κ3) is 8.22. The van der Waals surface area contributed by atoms with Crippen molar-refractivity contribution in [2.75, 3.05) is 0 Å². The molecule has 29 heavy (non-hydrogen) atoms. The molecule has 0 spiro atoms. The van der Waals surface area contributed by atoms with Crippen LogP contribution in [0.15, 0.2) is 76.1 Å².